The fourth-order valence-corrected chi connectivity index (χ4v) is 3.38. The molecule has 1 atom stereocenters. The summed E-state index contributed by atoms with van der Waals surface area (Å²) in [4.78, 5) is 23.2. The van der Waals surface area contributed by atoms with Gasteiger partial charge in [-0.05, 0) is 24.1 Å². The van der Waals surface area contributed by atoms with Crippen molar-refractivity contribution in [2.45, 2.75) is 38.1 Å². The van der Waals surface area contributed by atoms with Gasteiger partial charge in [-0.15, -0.1) is 0 Å². The topological polar surface area (TPSA) is 58.2 Å². The van der Waals surface area contributed by atoms with Gasteiger partial charge in [0, 0.05) is 28.4 Å². The molecule has 1 fully saturated rings. The van der Waals surface area contributed by atoms with E-state index in [1.54, 1.807) is 18.2 Å². The largest absolute Gasteiger partial charge is 0.353 e. The van der Waals surface area contributed by atoms with Crippen LogP contribution in [-0.2, 0) is 15.0 Å². The fraction of sp³-hybridized carbons (Fsp3) is 0.467. The number of nitrogens with one attached hydrogen (secondary N) is 2. The molecule has 4 nitrogen and oxygen atoms in total. The molecule has 0 aliphatic carbocycles. The zero-order chi connectivity index (χ0) is 15.6. The molecule has 0 radical (unpaired) electrons. The Labute approximate surface area is 134 Å². The molecule has 0 bridgehead atoms. The van der Waals surface area contributed by atoms with Gasteiger partial charge >= 0.3 is 0 Å². The normalized spacial score (nSPS) is 18.5. The average molecular weight is 329 g/mol. The van der Waals surface area contributed by atoms with Crippen molar-refractivity contribution in [1.29, 1.82) is 0 Å². The van der Waals surface area contributed by atoms with Gasteiger partial charge in [-0.2, -0.15) is 0 Å². The second kappa shape index (κ2) is 6.24. The van der Waals surface area contributed by atoms with E-state index in [1.807, 2.05) is 13.8 Å². The number of carbonyl (C=O) groups excluding carboxylic acids is 2. The summed E-state index contributed by atoms with van der Waals surface area (Å²) in [5.41, 5.74) is 0.400. The lowest BCUT2D eigenvalue weighted by Gasteiger charge is -2.28. The van der Waals surface area contributed by atoms with E-state index in [1.165, 1.54) is 0 Å². The SMILES string of the molecule is CC(C)(CNC(=O)[C@@H]1CCC(=O)N1)c1c(Cl)cccc1Cl. The van der Waals surface area contributed by atoms with E-state index in [0.29, 0.717) is 29.4 Å². The molecule has 2 rings (SSSR count). The monoisotopic (exact) mass is 328 g/mol. The number of rotatable bonds is 4. The van der Waals surface area contributed by atoms with Crippen LogP contribution in [0.4, 0.5) is 0 Å². The van der Waals surface area contributed by atoms with Crippen molar-refractivity contribution in [1.82, 2.24) is 10.6 Å². The number of halogens is 2. The molecule has 1 aromatic rings. The Morgan fingerprint density at radius 1 is 1.38 bits per heavy atom. The minimum absolute atomic E-state index is 0.0800. The maximum atomic E-state index is 12.0. The van der Waals surface area contributed by atoms with Crippen molar-refractivity contribution < 1.29 is 9.59 Å². The van der Waals surface area contributed by atoms with Gasteiger partial charge < -0.3 is 10.6 Å². The van der Waals surface area contributed by atoms with Crippen LogP contribution < -0.4 is 10.6 Å². The Kier molecular flexibility index (Phi) is 4.79. The minimum Gasteiger partial charge on any atom is -0.353 e. The molecule has 21 heavy (non-hydrogen) atoms. The molecular weight excluding hydrogens is 311 g/mol. The molecule has 1 aromatic carbocycles. The van der Waals surface area contributed by atoms with Gasteiger partial charge in [0.15, 0.2) is 0 Å². The van der Waals surface area contributed by atoms with Crippen LogP contribution in [0.25, 0.3) is 0 Å². The summed E-state index contributed by atoms with van der Waals surface area (Å²) in [5.74, 6) is -0.249. The molecule has 1 saturated heterocycles. The van der Waals surface area contributed by atoms with Crippen molar-refractivity contribution in [3.05, 3.63) is 33.8 Å². The van der Waals surface area contributed by atoms with Gasteiger partial charge in [-0.25, -0.2) is 0 Å². The predicted octanol–water partition coefficient (Wildman–Crippen LogP) is 2.67. The van der Waals surface area contributed by atoms with Crippen LogP contribution in [0.5, 0.6) is 0 Å². The summed E-state index contributed by atoms with van der Waals surface area (Å²) in [7, 11) is 0. The Morgan fingerprint density at radius 2 is 2.00 bits per heavy atom. The smallest absolute Gasteiger partial charge is 0.242 e. The highest BCUT2D eigenvalue weighted by atomic mass is 35.5. The number of hydrogen-bond acceptors (Lipinski definition) is 2. The first-order chi connectivity index (χ1) is 9.81. The van der Waals surface area contributed by atoms with E-state index in [4.69, 9.17) is 23.2 Å². The van der Waals surface area contributed by atoms with Crippen LogP contribution in [0.15, 0.2) is 18.2 Å². The summed E-state index contributed by atoms with van der Waals surface area (Å²) in [6, 6.07) is 4.92. The van der Waals surface area contributed by atoms with Crippen LogP contribution in [0, 0.1) is 0 Å². The summed E-state index contributed by atoms with van der Waals surface area (Å²) in [5, 5.41) is 6.68. The molecule has 1 aliphatic rings. The molecule has 2 amide bonds. The number of amides is 2. The lowest BCUT2D eigenvalue weighted by Crippen LogP contribution is -2.45. The van der Waals surface area contributed by atoms with E-state index >= 15 is 0 Å². The molecule has 0 aromatic heterocycles. The highest BCUT2D eigenvalue weighted by Gasteiger charge is 2.30. The molecule has 0 saturated carbocycles. The summed E-state index contributed by atoms with van der Waals surface area (Å²) >= 11 is 12.4. The van der Waals surface area contributed by atoms with Gasteiger partial charge in [0.25, 0.3) is 0 Å². The molecule has 1 aliphatic heterocycles. The maximum Gasteiger partial charge on any atom is 0.242 e. The standard InChI is InChI=1S/C15H18Cl2N2O2/c1-15(2,13-9(16)4-3-5-10(13)17)8-18-14(21)11-6-7-12(20)19-11/h3-5,11H,6-8H2,1-2H3,(H,18,21)(H,19,20)/t11-/m0/s1. The first kappa shape index (κ1) is 16.1. The average Bonchev–Trinajstić information content (AvgIpc) is 2.82. The van der Waals surface area contributed by atoms with Crippen molar-refractivity contribution in [3.8, 4) is 0 Å². The Hall–Kier alpha value is -1.26. The van der Waals surface area contributed by atoms with E-state index in [9.17, 15) is 9.59 Å². The second-order valence-electron chi connectivity index (χ2n) is 5.86. The number of carbonyl (C=O) groups is 2. The van der Waals surface area contributed by atoms with E-state index in [2.05, 4.69) is 10.6 Å². The second-order valence-corrected chi connectivity index (χ2v) is 6.67. The zero-order valence-corrected chi connectivity index (χ0v) is 13.5. The van der Waals surface area contributed by atoms with Crippen molar-refractivity contribution in [2.24, 2.45) is 0 Å². The molecule has 6 heteroatoms. The van der Waals surface area contributed by atoms with Crippen LogP contribution in [-0.4, -0.2) is 24.4 Å². The quantitative estimate of drug-likeness (QED) is 0.892. The fourth-order valence-electron chi connectivity index (χ4n) is 2.47. The summed E-state index contributed by atoms with van der Waals surface area (Å²) < 4.78 is 0. The molecular formula is C15H18Cl2N2O2. The first-order valence-electron chi connectivity index (χ1n) is 6.83. The van der Waals surface area contributed by atoms with Gasteiger partial charge in [-0.1, -0.05) is 43.1 Å². The number of benzene rings is 1. The third kappa shape index (κ3) is 3.69. The Bertz CT molecular complexity index is 553. The maximum absolute atomic E-state index is 12.0. The van der Waals surface area contributed by atoms with Crippen molar-refractivity contribution >= 4 is 35.0 Å². The van der Waals surface area contributed by atoms with Crippen molar-refractivity contribution in [2.75, 3.05) is 6.54 Å². The lowest BCUT2D eigenvalue weighted by atomic mass is 9.84. The van der Waals surface area contributed by atoms with Crippen molar-refractivity contribution in [3.63, 3.8) is 0 Å². The predicted molar refractivity (Wildman–Crippen MR) is 83.7 cm³/mol. The molecule has 114 valence electrons. The summed E-state index contributed by atoms with van der Waals surface area (Å²) in [6.07, 6.45) is 0.940. The minimum atomic E-state index is -0.435. The third-order valence-electron chi connectivity index (χ3n) is 3.66. The first-order valence-corrected chi connectivity index (χ1v) is 7.58. The van der Waals surface area contributed by atoms with Crippen LogP contribution in [0.3, 0.4) is 0 Å². The van der Waals surface area contributed by atoms with Gasteiger partial charge in [0.2, 0.25) is 11.8 Å². The van der Waals surface area contributed by atoms with Gasteiger partial charge in [-0.3, -0.25) is 9.59 Å². The molecule has 1 heterocycles. The lowest BCUT2D eigenvalue weighted by molar-refractivity contribution is -0.125. The molecule has 0 spiro atoms. The third-order valence-corrected chi connectivity index (χ3v) is 4.29. The van der Waals surface area contributed by atoms with Crippen LogP contribution >= 0.6 is 23.2 Å². The van der Waals surface area contributed by atoms with Gasteiger partial charge in [0.1, 0.15) is 6.04 Å². The molecule has 2 N–H and O–H groups in total. The summed E-state index contributed by atoms with van der Waals surface area (Å²) in [6.45, 7) is 4.32. The van der Waals surface area contributed by atoms with E-state index < -0.39 is 11.5 Å². The Morgan fingerprint density at radius 3 is 2.52 bits per heavy atom. The number of hydrogen-bond donors (Lipinski definition) is 2. The van der Waals surface area contributed by atoms with Crippen LogP contribution in [0.2, 0.25) is 10.0 Å². The van der Waals surface area contributed by atoms with Gasteiger partial charge in [0.05, 0.1) is 0 Å². The molecule has 0 unspecified atom stereocenters. The highest BCUT2D eigenvalue weighted by molar-refractivity contribution is 6.36. The Balaban J connectivity index is 2.04. The van der Waals surface area contributed by atoms with Crippen LogP contribution in [0.1, 0.15) is 32.3 Å². The van der Waals surface area contributed by atoms with E-state index in [-0.39, 0.29) is 11.8 Å². The van der Waals surface area contributed by atoms with E-state index in [0.717, 1.165) is 5.56 Å². The highest BCUT2D eigenvalue weighted by Crippen LogP contribution is 2.35. The zero-order valence-electron chi connectivity index (χ0n) is 12.0.